The van der Waals surface area contributed by atoms with Crippen LogP contribution in [0.25, 0.3) is 11.4 Å². The molecule has 1 aromatic heterocycles. The third-order valence-corrected chi connectivity index (χ3v) is 4.98. The van der Waals surface area contributed by atoms with Crippen LogP contribution in [0.1, 0.15) is 44.6 Å². The maximum atomic E-state index is 5.91. The minimum atomic E-state index is 0.512. The lowest BCUT2D eigenvalue weighted by atomic mass is 9.81. The van der Waals surface area contributed by atoms with Gasteiger partial charge in [-0.05, 0) is 69.2 Å². The highest BCUT2D eigenvalue weighted by Crippen LogP contribution is 2.30. The van der Waals surface area contributed by atoms with E-state index < -0.39 is 0 Å². The summed E-state index contributed by atoms with van der Waals surface area (Å²) in [5.74, 6) is 8.72. The molecule has 0 spiro atoms. The van der Waals surface area contributed by atoms with Gasteiger partial charge in [0.2, 0.25) is 0 Å². The van der Waals surface area contributed by atoms with E-state index in [0.29, 0.717) is 16.8 Å². The molecule has 2 nitrogen and oxygen atoms in total. The highest BCUT2D eigenvalue weighted by molar-refractivity contribution is 6.30. The second kappa shape index (κ2) is 8.83. The fourth-order valence-electron chi connectivity index (χ4n) is 3.20. The molecule has 0 atom stereocenters. The number of aromatic nitrogens is 2. The first-order chi connectivity index (χ1) is 12.2. The molecule has 1 aliphatic carbocycles. The highest BCUT2D eigenvalue weighted by Gasteiger charge is 2.18. The third-order valence-electron chi connectivity index (χ3n) is 4.73. The van der Waals surface area contributed by atoms with Crippen LogP contribution < -0.4 is 0 Å². The molecule has 1 aliphatic rings. The van der Waals surface area contributed by atoms with Crippen LogP contribution in [0.5, 0.6) is 0 Å². The van der Waals surface area contributed by atoms with Crippen molar-refractivity contribution in [3.8, 4) is 23.2 Å². The van der Waals surface area contributed by atoms with Crippen molar-refractivity contribution in [2.45, 2.75) is 39.0 Å². The van der Waals surface area contributed by atoms with Crippen molar-refractivity contribution in [3.63, 3.8) is 0 Å². The standard InChI is InChI=1S/C22H23ClN2/c1-2-3-4-17-5-7-18(8-6-17)9-10-19-15-24-22(25-16-19)20-11-13-21(23)14-12-20/h2-3,11-18H,4-8H2,1H3/b3-2+. The zero-order chi connectivity index (χ0) is 17.5. The van der Waals surface area contributed by atoms with E-state index in [4.69, 9.17) is 11.6 Å². The monoisotopic (exact) mass is 350 g/mol. The molecule has 25 heavy (non-hydrogen) atoms. The average Bonchev–Trinajstić information content (AvgIpc) is 2.67. The van der Waals surface area contributed by atoms with E-state index in [2.05, 4.69) is 40.9 Å². The molecule has 0 bridgehead atoms. The minimum absolute atomic E-state index is 0.512. The van der Waals surface area contributed by atoms with E-state index in [1.165, 1.54) is 32.1 Å². The lowest BCUT2D eigenvalue weighted by Crippen LogP contribution is -2.12. The predicted octanol–water partition coefficient (Wildman–Crippen LogP) is 5.92. The molecule has 0 N–H and O–H groups in total. The van der Waals surface area contributed by atoms with Crippen LogP contribution in [0.2, 0.25) is 5.02 Å². The molecule has 3 rings (SSSR count). The summed E-state index contributed by atoms with van der Waals surface area (Å²) in [6.45, 7) is 2.09. The molecule has 0 saturated heterocycles. The van der Waals surface area contributed by atoms with E-state index in [1.54, 1.807) is 0 Å². The summed E-state index contributed by atoms with van der Waals surface area (Å²) in [5, 5.41) is 0.715. The van der Waals surface area contributed by atoms with Crippen LogP contribution >= 0.6 is 11.6 Å². The summed E-state index contributed by atoms with van der Waals surface area (Å²) in [6, 6.07) is 7.55. The first kappa shape index (κ1) is 17.7. The van der Waals surface area contributed by atoms with Gasteiger partial charge in [0.25, 0.3) is 0 Å². The van der Waals surface area contributed by atoms with Crippen LogP contribution in [0, 0.1) is 23.7 Å². The predicted molar refractivity (Wildman–Crippen MR) is 104 cm³/mol. The largest absolute Gasteiger partial charge is 0.235 e. The van der Waals surface area contributed by atoms with Crippen molar-refractivity contribution in [1.29, 1.82) is 0 Å². The maximum Gasteiger partial charge on any atom is 0.159 e. The molecule has 1 heterocycles. The normalized spacial score (nSPS) is 20.2. The van der Waals surface area contributed by atoms with Crippen molar-refractivity contribution in [1.82, 2.24) is 9.97 Å². The van der Waals surface area contributed by atoms with E-state index in [-0.39, 0.29) is 0 Å². The zero-order valence-electron chi connectivity index (χ0n) is 14.6. The van der Waals surface area contributed by atoms with Gasteiger partial charge in [-0.3, -0.25) is 0 Å². The molecule has 1 saturated carbocycles. The van der Waals surface area contributed by atoms with Gasteiger partial charge in [-0.15, -0.1) is 0 Å². The molecule has 0 unspecified atom stereocenters. The Kier molecular flexibility index (Phi) is 6.25. The van der Waals surface area contributed by atoms with Crippen molar-refractivity contribution in [3.05, 3.63) is 59.4 Å². The molecule has 2 aromatic rings. The van der Waals surface area contributed by atoms with E-state index >= 15 is 0 Å². The topological polar surface area (TPSA) is 25.8 Å². The Balaban J connectivity index is 1.58. The van der Waals surface area contributed by atoms with Gasteiger partial charge in [0.15, 0.2) is 5.82 Å². The first-order valence-electron chi connectivity index (χ1n) is 8.95. The number of hydrogen-bond acceptors (Lipinski definition) is 2. The Morgan fingerprint density at radius 3 is 2.40 bits per heavy atom. The molecule has 128 valence electrons. The van der Waals surface area contributed by atoms with Gasteiger partial charge in [0.05, 0.1) is 5.56 Å². The van der Waals surface area contributed by atoms with Crippen molar-refractivity contribution in [2.24, 2.45) is 11.8 Å². The summed E-state index contributed by atoms with van der Waals surface area (Å²) in [4.78, 5) is 8.85. The molecule has 3 heteroatoms. The summed E-state index contributed by atoms with van der Waals surface area (Å²) >= 11 is 5.91. The number of halogens is 1. The SMILES string of the molecule is C/C=C/CC1CCC(C#Cc2cnc(-c3ccc(Cl)cc3)nc2)CC1. The van der Waals surface area contributed by atoms with E-state index in [9.17, 15) is 0 Å². The molecule has 1 fully saturated rings. The lowest BCUT2D eigenvalue weighted by molar-refractivity contribution is 0.319. The molecule has 1 aromatic carbocycles. The Hall–Kier alpha value is -2.11. The molecular formula is C22H23ClN2. The average molecular weight is 351 g/mol. The number of benzene rings is 1. The van der Waals surface area contributed by atoms with E-state index in [0.717, 1.165) is 17.0 Å². The molecule has 0 radical (unpaired) electrons. The van der Waals surface area contributed by atoms with E-state index in [1.807, 2.05) is 36.7 Å². The fourth-order valence-corrected chi connectivity index (χ4v) is 3.32. The van der Waals surface area contributed by atoms with Gasteiger partial charge < -0.3 is 0 Å². The van der Waals surface area contributed by atoms with Gasteiger partial charge in [-0.25, -0.2) is 9.97 Å². The summed E-state index contributed by atoms with van der Waals surface area (Å²) < 4.78 is 0. The number of allylic oxidation sites excluding steroid dienone is 2. The van der Waals surface area contributed by atoms with Crippen LogP contribution in [-0.2, 0) is 0 Å². The summed E-state index contributed by atoms with van der Waals surface area (Å²) in [7, 11) is 0. The van der Waals surface area contributed by atoms with Crippen LogP contribution in [0.15, 0.2) is 48.8 Å². The smallest absolute Gasteiger partial charge is 0.159 e. The van der Waals surface area contributed by atoms with Gasteiger partial charge in [0.1, 0.15) is 0 Å². The highest BCUT2D eigenvalue weighted by atomic mass is 35.5. The number of nitrogens with zero attached hydrogens (tertiary/aromatic N) is 2. The van der Waals surface area contributed by atoms with Gasteiger partial charge >= 0.3 is 0 Å². The minimum Gasteiger partial charge on any atom is -0.235 e. The lowest BCUT2D eigenvalue weighted by Gasteiger charge is -2.24. The Bertz CT molecular complexity index is 758. The number of rotatable bonds is 3. The summed E-state index contributed by atoms with van der Waals surface area (Å²) in [5.41, 5.74) is 1.84. The second-order valence-electron chi connectivity index (χ2n) is 6.59. The Labute approximate surface area is 155 Å². The van der Waals surface area contributed by atoms with Crippen LogP contribution in [-0.4, -0.2) is 9.97 Å². The summed E-state index contributed by atoms with van der Waals surface area (Å²) in [6.07, 6.45) is 14.3. The zero-order valence-corrected chi connectivity index (χ0v) is 15.3. The van der Waals surface area contributed by atoms with Crippen molar-refractivity contribution in [2.75, 3.05) is 0 Å². The van der Waals surface area contributed by atoms with Crippen LogP contribution in [0.3, 0.4) is 0 Å². The third kappa shape index (κ3) is 5.18. The quantitative estimate of drug-likeness (QED) is 0.507. The Morgan fingerprint density at radius 2 is 1.76 bits per heavy atom. The fraction of sp³-hybridized carbons (Fsp3) is 0.364. The molecular weight excluding hydrogens is 328 g/mol. The van der Waals surface area contributed by atoms with Gasteiger partial charge in [-0.1, -0.05) is 35.6 Å². The molecule has 0 amide bonds. The van der Waals surface area contributed by atoms with Crippen LogP contribution in [0.4, 0.5) is 0 Å². The van der Waals surface area contributed by atoms with Gasteiger partial charge in [0, 0.05) is 28.9 Å². The second-order valence-corrected chi connectivity index (χ2v) is 7.03. The van der Waals surface area contributed by atoms with Gasteiger partial charge in [-0.2, -0.15) is 0 Å². The maximum absolute atomic E-state index is 5.91. The first-order valence-corrected chi connectivity index (χ1v) is 9.33. The Morgan fingerprint density at radius 1 is 1.08 bits per heavy atom. The molecule has 0 aliphatic heterocycles. The van der Waals surface area contributed by atoms with Crippen molar-refractivity contribution >= 4 is 11.6 Å². The van der Waals surface area contributed by atoms with Crippen molar-refractivity contribution < 1.29 is 0 Å². The number of hydrogen-bond donors (Lipinski definition) is 0.